The molecule has 1 aromatic carbocycles. The minimum Gasteiger partial charge on any atom is -0.494 e. The lowest BCUT2D eigenvalue weighted by atomic mass is 10.0. The molecule has 0 aliphatic carbocycles. The molecular formula is C15H21N3O. The number of nitrogens with zero attached hydrogens (tertiary/aromatic N) is 2. The van der Waals surface area contributed by atoms with Gasteiger partial charge in [0, 0.05) is 24.0 Å². The first kappa shape index (κ1) is 13.6. The molecule has 0 aliphatic heterocycles. The first-order chi connectivity index (χ1) is 9.24. The maximum absolute atomic E-state index is 5.69. The van der Waals surface area contributed by atoms with Crippen LogP contribution in [0.4, 0.5) is 0 Å². The summed E-state index contributed by atoms with van der Waals surface area (Å²) in [5, 5.41) is 7.51. The summed E-state index contributed by atoms with van der Waals surface area (Å²) >= 11 is 0. The second-order valence-corrected chi connectivity index (χ2v) is 4.51. The third kappa shape index (κ3) is 3.35. The van der Waals surface area contributed by atoms with Crippen molar-refractivity contribution in [2.24, 2.45) is 0 Å². The molecule has 1 atom stereocenters. The number of ether oxygens (including phenoxy) is 1. The molecule has 0 spiro atoms. The molecule has 2 aromatic rings. The van der Waals surface area contributed by atoms with E-state index in [4.69, 9.17) is 4.74 Å². The molecule has 0 amide bonds. The van der Waals surface area contributed by atoms with Crippen LogP contribution in [0.25, 0.3) is 0 Å². The second-order valence-electron chi connectivity index (χ2n) is 4.51. The largest absolute Gasteiger partial charge is 0.494 e. The van der Waals surface area contributed by atoms with Crippen molar-refractivity contribution in [3.63, 3.8) is 0 Å². The molecule has 0 aliphatic rings. The van der Waals surface area contributed by atoms with Gasteiger partial charge in [-0.2, -0.15) is 5.10 Å². The van der Waals surface area contributed by atoms with Gasteiger partial charge in [0.05, 0.1) is 13.2 Å². The molecule has 0 bridgehead atoms. The summed E-state index contributed by atoms with van der Waals surface area (Å²) in [5.41, 5.74) is 2.42. The van der Waals surface area contributed by atoms with Crippen LogP contribution in [0.2, 0.25) is 0 Å². The van der Waals surface area contributed by atoms with Crippen molar-refractivity contribution in [1.82, 2.24) is 15.1 Å². The van der Waals surface area contributed by atoms with Gasteiger partial charge in [-0.05, 0) is 44.7 Å². The van der Waals surface area contributed by atoms with Crippen LogP contribution in [-0.2, 0) is 6.54 Å². The van der Waals surface area contributed by atoms with Gasteiger partial charge in [0.1, 0.15) is 5.75 Å². The topological polar surface area (TPSA) is 39.1 Å². The fourth-order valence-corrected chi connectivity index (χ4v) is 2.02. The maximum Gasteiger partial charge on any atom is 0.124 e. The van der Waals surface area contributed by atoms with Crippen molar-refractivity contribution in [3.05, 3.63) is 47.8 Å². The van der Waals surface area contributed by atoms with Gasteiger partial charge in [0.15, 0.2) is 0 Å². The summed E-state index contributed by atoms with van der Waals surface area (Å²) in [6.07, 6.45) is 3.75. The average molecular weight is 259 g/mol. The van der Waals surface area contributed by atoms with E-state index in [-0.39, 0.29) is 0 Å². The van der Waals surface area contributed by atoms with E-state index in [1.165, 1.54) is 5.56 Å². The van der Waals surface area contributed by atoms with E-state index >= 15 is 0 Å². The molecule has 1 unspecified atom stereocenters. The number of rotatable bonds is 6. The van der Waals surface area contributed by atoms with Gasteiger partial charge >= 0.3 is 0 Å². The van der Waals surface area contributed by atoms with Crippen LogP contribution in [0.15, 0.2) is 36.7 Å². The van der Waals surface area contributed by atoms with Crippen LogP contribution < -0.4 is 10.1 Å². The van der Waals surface area contributed by atoms with Gasteiger partial charge in [0.25, 0.3) is 0 Å². The van der Waals surface area contributed by atoms with Crippen LogP contribution in [0.3, 0.4) is 0 Å². The number of nitrogens with one attached hydrogen (secondary N) is 1. The quantitative estimate of drug-likeness (QED) is 0.866. The van der Waals surface area contributed by atoms with E-state index in [0.29, 0.717) is 12.6 Å². The van der Waals surface area contributed by atoms with Crippen molar-refractivity contribution in [3.8, 4) is 5.75 Å². The highest BCUT2D eigenvalue weighted by Crippen LogP contribution is 2.24. The fourth-order valence-electron chi connectivity index (χ4n) is 2.02. The summed E-state index contributed by atoms with van der Waals surface area (Å²) < 4.78 is 7.60. The van der Waals surface area contributed by atoms with Crippen LogP contribution >= 0.6 is 0 Å². The zero-order valence-corrected chi connectivity index (χ0v) is 11.8. The monoisotopic (exact) mass is 259 g/mol. The predicted octanol–water partition coefficient (Wildman–Crippen LogP) is 2.61. The van der Waals surface area contributed by atoms with E-state index in [2.05, 4.69) is 29.5 Å². The van der Waals surface area contributed by atoms with E-state index in [0.717, 1.165) is 17.9 Å². The molecule has 4 nitrogen and oxygen atoms in total. The zero-order chi connectivity index (χ0) is 13.7. The minimum absolute atomic E-state index is 0.326. The zero-order valence-electron chi connectivity index (χ0n) is 11.8. The Balaban J connectivity index is 2.30. The first-order valence-electron chi connectivity index (χ1n) is 6.65. The molecule has 19 heavy (non-hydrogen) atoms. The van der Waals surface area contributed by atoms with Crippen LogP contribution in [0, 0.1) is 0 Å². The van der Waals surface area contributed by atoms with Gasteiger partial charge in [-0.15, -0.1) is 0 Å². The third-order valence-electron chi connectivity index (χ3n) is 3.21. The van der Waals surface area contributed by atoms with Crippen LogP contribution in [0.1, 0.15) is 31.0 Å². The lowest BCUT2D eigenvalue weighted by Crippen LogP contribution is -2.13. The van der Waals surface area contributed by atoms with E-state index in [9.17, 15) is 0 Å². The van der Waals surface area contributed by atoms with Crippen molar-refractivity contribution in [2.75, 3.05) is 13.7 Å². The fraction of sp³-hybridized carbons (Fsp3) is 0.400. The average Bonchev–Trinajstić information content (AvgIpc) is 2.93. The lowest BCUT2D eigenvalue weighted by molar-refractivity contribution is 0.335. The lowest BCUT2D eigenvalue weighted by Gasteiger charge is -2.16. The Morgan fingerprint density at radius 1 is 1.42 bits per heavy atom. The molecule has 0 fully saturated rings. The molecular weight excluding hydrogens is 238 g/mol. The van der Waals surface area contributed by atoms with Gasteiger partial charge in [-0.3, -0.25) is 4.68 Å². The molecule has 4 heteroatoms. The van der Waals surface area contributed by atoms with E-state index < -0.39 is 0 Å². The van der Waals surface area contributed by atoms with Crippen LogP contribution in [-0.4, -0.2) is 23.4 Å². The van der Waals surface area contributed by atoms with Gasteiger partial charge in [0.2, 0.25) is 0 Å². The summed E-state index contributed by atoms with van der Waals surface area (Å²) in [4.78, 5) is 0. The van der Waals surface area contributed by atoms with Gasteiger partial charge in [-0.1, -0.05) is 6.07 Å². The highest BCUT2D eigenvalue weighted by molar-refractivity contribution is 5.38. The molecule has 1 N–H and O–H groups in total. The van der Waals surface area contributed by atoms with Gasteiger partial charge in [-0.25, -0.2) is 0 Å². The molecule has 102 valence electrons. The summed E-state index contributed by atoms with van der Waals surface area (Å²) in [7, 11) is 1.97. The highest BCUT2D eigenvalue weighted by atomic mass is 16.5. The summed E-state index contributed by atoms with van der Waals surface area (Å²) in [6, 6.07) is 8.60. The Kier molecular flexibility index (Phi) is 4.58. The van der Waals surface area contributed by atoms with E-state index in [1.807, 2.05) is 37.0 Å². The Morgan fingerprint density at radius 2 is 2.26 bits per heavy atom. The van der Waals surface area contributed by atoms with E-state index in [1.54, 1.807) is 6.20 Å². The third-order valence-corrected chi connectivity index (χ3v) is 3.21. The molecule has 0 radical (unpaired) electrons. The predicted molar refractivity (Wildman–Crippen MR) is 76.4 cm³/mol. The molecule has 1 aromatic heterocycles. The Labute approximate surface area is 114 Å². The Hall–Kier alpha value is -1.81. The molecule has 1 heterocycles. The van der Waals surface area contributed by atoms with Crippen molar-refractivity contribution < 1.29 is 4.74 Å². The standard InChI is InChI=1S/C15H21N3O/c1-4-19-15-7-6-13(12(2)16-3)10-14(15)11-18-9-5-8-17-18/h5-10,12,16H,4,11H2,1-3H3. The highest BCUT2D eigenvalue weighted by Gasteiger charge is 2.09. The van der Waals surface area contributed by atoms with Crippen LogP contribution in [0.5, 0.6) is 5.75 Å². The van der Waals surface area contributed by atoms with Gasteiger partial charge < -0.3 is 10.1 Å². The first-order valence-corrected chi connectivity index (χ1v) is 6.65. The van der Waals surface area contributed by atoms with Crippen molar-refractivity contribution >= 4 is 0 Å². The Bertz CT molecular complexity index is 508. The minimum atomic E-state index is 0.326. The number of benzene rings is 1. The number of hydrogen-bond donors (Lipinski definition) is 1. The smallest absolute Gasteiger partial charge is 0.124 e. The normalized spacial score (nSPS) is 12.4. The Morgan fingerprint density at radius 3 is 2.89 bits per heavy atom. The molecule has 0 saturated carbocycles. The molecule has 2 rings (SSSR count). The number of aromatic nitrogens is 2. The number of hydrogen-bond acceptors (Lipinski definition) is 3. The summed E-state index contributed by atoms with van der Waals surface area (Å²) in [6.45, 7) is 5.55. The SMILES string of the molecule is CCOc1ccc(C(C)NC)cc1Cn1cccn1. The molecule has 0 saturated heterocycles. The van der Waals surface area contributed by atoms with Crippen molar-refractivity contribution in [2.45, 2.75) is 26.4 Å². The second kappa shape index (κ2) is 6.38. The van der Waals surface area contributed by atoms with Crippen molar-refractivity contribution in [1.29, 1.82) is 0 Å². The summed E-state index contributed by atoms with van der Waals surface area (Å²) in [5.74, 6) is 0.935. The maximum atomic E-state index is 5.69.